The highest BCUT2D eigenvalue weighted by Gasteiger charge is 2.34. The van der Waals surface area contributed by atoms with Crippen LogP contribution in [0.2, 0.25) is 0 Å². The summed E-state index contributed by atoms with van der Waals surface area (Å²) in [4.78, 5) is 25.6. The average molecular weight is 387 g/mol. The fourth-order valence-electron chi connectivity index (χ4n) is 2.27. The number of β-amino-alcohol motifs (C(OH)–C–C–N with tert-alkyl or cyclic N) is 1. The number of aliphatic hydroxyl groups is 1. The lowest BCUT2D eigenvalue weighted by Gasteiger charge is -2.16. The number of ether oxygens (including phenoxy) is 1. The van der Waals surface area contributed by atoms with Gasteiger partial charge in [0.2, 0.25) is 0 Å². The minimum atomic E-state index is -0.625. The first-order valence-corrected chi connectivity index (χ1v) is 7.63. The molecule has 0 fully saturated rings. The maximum atomic E-state index is 13.5. The van der Waals surface area contributed by atoms with Crippen molar-refractivity contribution in [1.82, 2.24) is 4.90 Å². The molecule has 124 valence electrons. The zero-order valence-electron chi connectivity index (χ0n) is 12.7. The number of nitrogens with one attached hydrogen (secondary N) is 1. The Bertz CT molecular complexity index is 690. The first kappa shape index (κ1) is 17.4. The molecule has 2 rings (SSSR count). The number of aliphatic hydroxyl groups excluding tert-OH is 1. The van der Waals surface area contributed by atoms with Crippen LogP contribution >= 0.6 is 15.9 Å². The van der Waals surface area contributed by atoms with Gasteiger partial charge in [-0.3, -0.25) is 4.79 Å². The highest BCUT2D eigenvalue weighted by molar-refractivity contribution is 9.10. The van der Waals surface area contributed by atoms with Gasteiger partial charge in [0.25, 0.3) is 5.91 Å². The van der Waals surface area contributed by atoms with E-state index in [-0.39, 0.29) is 35.4 Å². The lowest BCUT2D eigenvalue weighted by atomic mass is 10.1. The van der Waals surface area contributed by atoms with E-state index in [9.17, 15) is 14.0 Å². The molecule has 0 radical (unpaired) electrons. The zero-order chi connectivity index (χ0) is 17.1. The molecule has 0 unspecified atom stereocenters. The highest BCUT2D eigenvalue weighted by atomic mass is 79.9. The van der Waals surface area contributed by atoms with Gasteiger partial charge in [-0.15, -0.1) is 0 Å². The third-order valence-electron chi connectivity index (χ3n) is 3.55. The maximum Gasteiger partial charge on any atom is 0.337 e. The molecule has 1 aliphatic heterocycles. The molecule has 1 aromatic rings. The van der Waals surface area contributed by atoms with Crippen molar-refractivity contribution in [2.24, 2.45) is 0 Å². The van der Waals surface area contributed by atoms with E-state index in [1.54, 1.807) is 6.92 Å². The van der Waals surface area contributed by atoms with Gasteiger partial charge < -0.3 is 20.1 Å². The predicted octanol–water partition coefficient (Wildman–Crippen LogP) is 1.57. The average Bonchev–Trinajstić information content (AvgIpc) is 2.84. The first-order valence-electron chi connectivity index (χ1n) is 6.84. The van der Waals surface area contributed by atoms with Crippen LogP contribution in [-0.4, -0.2) is 48.7 Å². The topological polar surface area (TPSA) is 78.9 Å². The van der Waals surface area contributed by atoms with Crippen LogP contribution in [0.1, 0.15) is 5.56 Å². The van der Waals surface area contributed by atoms with Crippen molar-refractivity contribution < 1.29 is 23.8 Å². The summed E-state index contributed by atoms with van der Waals surface area (Å²) in [5.74, 6) is -1.46. The van der Waals surface area contributed by atoms with Crippen LogP contribution in [0.5, 0.6) is 0 Å². The van der Waals surface area contributed by atoms with E-state index in [2.05, 4.69) is 21.2 Å². The van der Waals surface area contributed by atoms with Gasteiger partial charge in [0.05, 0.1) is 30.3 Å². The summed E-state index contributed by atoms with van der Waals surface area (Å²) in [6.45, 7) is 1.62. The van der Waals surface area contributed by atoms with Gasteiger partial charge in [0, 0.05) is 12.2 Å². The van der Waals surface area contributed by atoms with E-state index in [0.717, 1.165) is 0 Å². The third-order valence-corrected chi connectivity index (χ3v) is 4.53. The molecule has 0 saturated heterocycles. The van der Waals surface area contributed by atoms with E-state index < -0.39 is 17.7 Å². The smallest absolute Gasteiger partial charge is 0.337 e. The second kappa shape index (κ2) is 7.10. The molecule has 1 aromatic carbocycles. The molecule has 0 atom stereocenters. The van der Waals surface area contributed by atoms with Crippen molar-refractivity contribution >= 4 is 33.5 Å². The Labute approximate surface area is 141 Å². The normalized spacial score (nSPS) is 14.5. The fourth-order valence-corrected chi connectivity index (χ4v) is 2.62. The van der Waals surface area contributed by atoms with E-state index in [1.807, 2.05) is 0 Å². The standard InChI is InChI=1S/C15H16BrFN2O4/c1-8-11(4-3-10(17)12(8)16)18-13-9(15(22)23-2)7-19(5-6-20)14(13)21/h3-4,18,20H,5-7H2,1-2H3. The van der Waals surface area contributed by atoms with Crippen LogP contribution in [0.4, 0.5) is 10.1 Å². The van der Waals surface area contributed by atoms with Crippen LogP contribution in [0.15, 0.2) is 27.9 Å². The van der Waals surface area contributed by atoms with E-state index in [0.29, 0.717) is 11.3 Å². The molecule has 0 spiro atoms. The van der Waals surface area contributed by atoms with Gasteiger partial charge in [-0.05, 0) is 40.5 Å². The number of amides is 1. The molecule has 0 aliphatic carbocycles. The fraction of sp³-hybridized carbons (Fsp3) is 0.333. The minimum absolute atomic E-state index is 0.0514. The molecule has 1 amide bonds. The summed E-state index contributed by atoms with van der Waals surface area (Å²) in [5.41, 5.74) is 1.31. The monoisotopic (exact) mass is 386 g/mol. The molecule has 0 saturated carbocycles. The quantitative estimate of drug-likeness (QED) is 0.750. The lowest BCUT2D eigenvalue weighted by Crippen LogP contribution is -2.31. The second-order valence-corrected chi connectivity index (χ2v) is 5.75. The molecule has 0 aromatic heterocycles. The summed E-state index contributed by atoms with van der Waals surface area (Å²) < 4.78 is 18.5. The van der Waals surface area contributed by atoms with E-state index in [1.165, 1.54) is 24.1 Å². The molecular weight excluding hydrogens is 371 g/mol. The van der Waals surface area contributed by atoms with Crippen molar-refractivity contribution in [3.05, 3.63) is 39.3 Å². The van der Waals surface area contributed by atoms with Crippen molar-refractivity contribution in [3.63, 3.8) is 0 Å². The van der Waals surface area contributed by atoms with Crippen LogP contribution in [0, 0.1) is 12.7 Å². The maximum absolute atomic E-state index is 13.5. The minimum Gasteiger partial charge on any atom is -0.466 e. The lowest BCUT2D eigenvalue weighted by molar-refractivity contribution is -0.136. The van der Waals surface area contributed by atoms with Crippen molar-refractivity contribution in [2.75, 3.05) is 32.1 Å². The Balaban J connectivity index is 2.39. The number of carbonyl (C=O) groups excluding carboxylic acids is 2. The van der Waals surface area contributed by atoms with E-state index in [4.69, 9.17) is 9.84 Å². The molecule has 2 N–H and O–H groups in total. The number of nitrogens with zero attached hydrogens (tertiary/aromatic N) is 1. The summed E-state index contributed by atoms with van der Waals surface area (Å²) in [6, 6.07) is 2.74. The number of esters is 1. The van der Waals surface area contributed by atoms with Gasteiger partial charge in [-0.1, -0.05) is 0 Å². The molecule has 0 bridgehead atoms. The largest absolute Gasteiger partial charge is 0.466 e. The number of benzene rings is 1. The molecular formula is C15H16BrFN2O4. The third kappa shape index (κ3) is 3.37. The van der Waals surface area contributed by atoms with Gasteiger partial charge in [-0.2, -0.15) is 0 Å². The highest BCUT2D eigenvalue weighted by Crippen LogP contribution is 2.30. The molecule has 1 aliphatic rings. The number of rotatable bonds is 5. The molecule has 1 heterocycles. The number of halogens is 2. The van der Waals surface area contributed by atoms with Crippen LogP contribution < -0.4 is 5.32 Å². The number of methoxy groups -OCH3 is 1. The Morgan fingerprint density at radius 3 is 2.83 bits per heavy atom. The van der Waals surface area contributed by atoms with Gasteiger partial charge in [-0.25, -0.2) is 9.18 Å². The van der Waals surface area contributed by atoms with Crippen LogP contribution in [0.25, 0.3) is 0 Å². The number of hydrogen-bond donors (Lipinski definition) is 2. The Morgan fingerprint density at radius 2 is 2.22 bits per heavy atom. The Hall–Kier alpha value is -1.93. The Kier molecular flexibility index (Phi) is 5.38. The van der Waals surface area contributed by atoms with E-state index >= 15 is 0 Å². The molecule has 6 nitrogen and oxygen atoms in total. The van der Waals surface area contributed by atoms with Crippen LogP contribution in [-0.2, 0) is 14.3 Å². The zero-order valence-corrected chi connectivity index (χ0v) is 14.2. The van der Waals surface area contributed by atoms with Crippen molar-refractivity contribution in [1.29, 1.82) is 0 Å². The second-order valence-electron chi connectivity index (χ2n) is 4.95. The molecule has 23 heavy (non-hydrogen) atoms. The summed E-state index contributed by atoms with van der Waals surface area (Å²) in [5, 5.41) is 11.9. The van der Waals surface area contributed by atoms with Crippen LogP contribution in [0.3, 0.4) is 0 Å². The van der Waals surface area contributed by atoms with Gasteiger partial charge in [0.1, 0.15) is 11.5 Å². The van der Waals surface area contributed by atoms with Gasteiger partial charge >= 0.3 is 5.97 Å². The summed E-state index contributed by atoms with van der Waals surface area (Å²) in [6.07, 6.45) is 0. The first-order chi connectivity index (χ1) is 10.9. The number of hydrogen-bond acceptors (Lipinski definition) is 5. The summed E-state index contributed by atoms with van der Waals surface area (Å²) >= 11 is 3.14. The predicted molar refractivity (Wildman–Crippen MR) is 85.2 cm³/mol. The molecule has 8 heteroatoms. The number of anilines is 1. The summed E-state index contributed by atoms with van der Waals surface area (Å²) in [7, 11) is 1.23. The van der Waals surface area contributed by atoms with Crippen molar-refractivity contribution in [2.45, 2.75) is 6.92 Å². The van der Waals surface area contributed by atoms with Gasteiger partial charge in [0.15, 0.2) is 0 Å². The Morgan fingerprint density at radius 1 is 1.52 bits per heavy atom. The number of carbonyl (C=O) groups is 2. The van der Waals surface area contributed by atoms with Crippen molar-refractivity contribution in [3.8, 4) is 0 Å². The SMILES string of the molecule is COC(=O)C1=C(Nc2ccc(F)c(Br)c2C)C(=O)N(CCO)C1.